The molecule has 1 atom stereocenters. The summed E-state index contributed by atoms with van der Waals surface area (Å²) < 4.78 is 5.94. The van der Waals surface area contributed by atoms with Gasteiger partial charge in [0.25, 0.3) is 0 Å². The highest BCUT2D eigenvalue weighted by molar-refractivity contribution is 5.97. The molecule has 0 radical (unpaired) electrons. The number of β-amino-alcohol motifs (C(OH)–C–C–N with tert-alkyl or cyclic N) is 1. The van der Waals surface area contributed by atoms with Crippen molar-refractivity contribution in [2.24, 2.45) is 0 Å². The SMILES string of the molecule is OC(COc1cc(-c2ccnnc2)c2ccccc2c1)CN1CCCC1. The summed E-state index contributed by atoms with van der Waals surface area (Å²) in [6, 6.07) is 14.2. The maximum absolute atomic E-state index is 10.3. The average Bonchev–Trinajstić information content (AvgIpc) is 3.19. The van der Waals surface area contributed by atoms with Crippen molar-refractivity contribution in [2.75, 3.05) is 26.2 Å². The maximum atomic E-state index is 10.3. The lowest BCUT2D eigenvalue weighted by atomic mass is 9.99. The Balaban J connectivity index is 1.55. The van der Waals surface area contributed by atoms with Crippen LogP contribution >= 0.6 is 0 Å². The summed E-state index contributed by atoms with van der Waals surface area (Å²) in [5.74, 6) is 0.760. The molecule has 0 bridgehead atoms. The van der Waals surface area contributed by atoms with Crippen molar-refractivity contribution in [1.82, 2.24) is 15.1 Å². The van der Waals surface area contributed by atoms with E-state index in [1.807, 2.05) is 30.3 Å². The van der Waals surface area contributed by atoms with E-state index in [1.165, 1.54) is 12.8 Å². The molecule has 1 unspecified atom stereocenters. The summed E-state index contributed by atoms with van der Waals surface area (Å²) >= 11 is 0. The highest BCUT2D eigenvalue weighted by Gasteiger charge is 2.16. The molecule has 3 aromatic rings. The molecule has 1 aliphatic rings. The number of hydrogen-bond acceptors (Lipinski definition) is 5. The van der Waals surface area contributed by atoms with Crippen molar-refractivity contribution in [3.63, 3.8) is 0 Å². The van der Waals surface area contributed by atoms with Crippen LogP contribution in [0.4, 0.5) is 0 Å². The molecule has 0 aliphatic carbocycles. The van der Waals surface area contributed by atoms with Gasteiger partial charge in [0.1, 0.15) is 18.5 Å². The average molecular weight is 349 g/mol. The molecule has 26 heavy (non-hydrogen) atoms. The second-order valence-electron chi connectivity index (χ2n) is 6.80. The summed E-state index contributed by atoms with van der Waals surface area (Å²) in [5.41, 5.74) is 2.06. The highest BCUT2D eigenvalue weighted by atomic mass is 16.5. The number of fused-ring (bicyclic) bond motifs is 1. The predicted molar refractivity (Wildman–Crippen MR) is 102 cm³/mol. The Morgan fingerprint density at radius 3 is 2.73 bits per heavy atom. The first-order valence-electron chi connectivity index (χ1n) is 9.13. The minimum absolute atomic E-state index is 0.295. The minimum Gasteiger partial charge on any atom is -0.491 e. The van der Waals surface area contributed by atoms with E-state index >= 15 is 0 Å². The Labute approximate surface area is 153 Å². The number of aliphatic hydroxyl groups is 1. The van der Waals surface area contributed by atoms with Crippen molar-refractivity contribution in [3.05, 3.63) is 54.9 Å². The Morgan fingerprint density at radius 1 is 1.08 bits per heavy atom. The van der Waals surface area contributed by atoms with Crippen molar-refractivity contribution >= 4 is 10.8 Å². The smallest absolute Gasteiger partial charge is 0.120 e. The molecule has 1 saturated heterocycles. The van der Waals surface area contributed by atoms with E-state index in [9.17, 15) is 5.11 Å². The van der Waals surface area contributed by atoms with Gasteiger partial charge in [0, 0.05) is 12.1 Å². The lowest BCUT2D eigenvalue weighted by Gasteiger charge is -2.20. The van der Waals surface area contributed by atoms with E-state index in [1.54, 1.807) is 12.4 Å². The van der Waals surface area contributed by atoms with Crippen LogP contribution in [0, 0.1) is 0 Å². The summed E-state index contributed by atoms with van der Waals surface area (Å²) in [6.45, 7) is 3.12. The summed E-state index contributed by atoms with van der Waals surface area (Å²) in [5, 5.41) is 20.4. The lowest BCUT2D eigenvalue weighted by molar-refractivity contribution is 0.0759. The summed E-state index contributed by atoms with van der Waals surface area (Å²) in [4.78, 5) is 2.29. The Bertz CT molecular complexity index is 864. The molecule has 5 nitrogen and oxygen atoms in total. The zero-order chi connectivity index (χ0) is 17.8. The molecule has 4 rings (SSSR count). The minimum atomic E-state index is -0.481. The monoisotopic (exact) mass is 349 g/mol. The third-order valence-corrected chi connectivity index (χ3v) is 4.84. The number of aliphatic hydroxyl groups excluding tert-OH is 1. The molecule has 134 valence electrons. The first-order chi connectivity index (χ1) is 12.8. The van der Waals surface area contributed by atoms with Crippen LogP contribution in [-0.2, 0) is 0 Å². The van der Waals surface area contributed by atoms with Crippen molar-refractivity contribution in [1.29, 1.82) is 0 Å². The Kier molecular flexibility index (Phi) is 5.09. The van der Waals surface area contributed by atoms with E-state index in [0.717, 1.165) is 40.7 Å². The number of benzene rings is 2. The highest BCUT2D eigenvalue weighted by Crippen LogP contribution is 2.32. The van der Waals surface area contributed by atoms with Gasteiger partial charge in [-0.05, 0) is 60.5 Å². The van der Waals surface area contributed by atoms with Gasteiger partial charge in [0.2, 0.25) is 0 Å². The van der Waals surface area contributed by atoms with Crippen molar-refractivity contribution in [2.45, 2.75) is 18.9 Å². The molecule has 0 saturated carbocycles. The largest absolute Gasteiger partial charge is 0.491 e. The topological polar surface area (TPSA) is 58.5 Å². The van der Waals surface area contributed by atoms with Gasteiger partial charge in [-0.2, -0.15) is 10.2 Å². The van der Waals surface area contributed by atoms with Crippen LogP contribution in [0.15, 0.2) is 54.9 Å². The standard InChI is InChI=1S/C21H23N3O2/c25-18(14-24-9-3-4-10-24)15-26-19-11-16-5-1-2-6-20(16)21(12-19)17-7-8-22-23-13-17/h1-2,5-8,11-13,18,25H,3-4,9-10,14-15H2. The fourth-order valence-electron chi connectivity index (χ4n) is 3.56. The lowest BCUT2D eigenvalue weighted by Crippen LogP contribution is -2.33. The second-order valence-corrected chi connectivity index (χ2v) is 6.80. The number of ether oxygens (including phenoxy) is 1. The van der Waals surface area contributed by atoms with Crippen LogP contribution in [0.1, 0.15) is 12.8 Å². The molecule has 1 N–H and O–H groups in total. The molecular weight excluding hydrogens is 326 g/mol. The van der Waals surface area contributed by atoms with Gasteiger partial charge in [-0.25, -0.2) is 0 Å². The first kappa shape index (κ1) is 16.9. The molecular formula is C21H23N3O2. The van der Waals surface area contributed by atoms with Gasteiger partial charge in [-0.3, -0.25) is 0 Å². The quantitative estimate of drug-likeness (QED) is 0.741. The van der Waals surface area contributed by atoms with Crippen LogP contribution in [0.25, 0.3) is 21.9 Å². The van der Waals surface area contributed by atoms with Gasteiger partial charge in [0.05, 0.1) is 12.4 Å². The van der Waals surface area contributed by atoms with Gasteiger partial charge < -0.3 is 14.7 Å². The number of hydrogen-bond donors (Lipinski definition) is 1. The molecule has 0 amide bonds. The predicted octanol–water partition coefficient (Wildman–Crippen LogP) is 3.13. The Hall–Kier alpha value is -2.50. The van der Waals surface area contributed by atoms with E-state index in [4.69, 9.17) is 4.74 Å². The zero-order valence-electron chi connectivity index (χ0n) is 14.7. The Morgan fingerprint density at radius 2 is 1.92 bits per heavy atom. The molecule has 1 aromatic heterocycles. The van der Waals surface area contributed by atoms with Crippen molar-refractivity contribution in [3.8, 4) is 16.9 Å². The molecule has 0 spiro atoms. The van der Waals surface area contributed by atoms with Crippen molar-refractivity contribution < 1.29 is 9.84 Å². The van der Waals surface area contributed by atoms with E-state index in [2.05, 4.69) is 27.2 Å². The van der Waals surface area contributed by atoms with Gasteiger partial charge in [-0.1, -0.05) is 24.3 Å². The fourth-order valence-corrected chi connectivity index (χ4v) is 3.56. The normalized spacial score (nSPS) is 16.0. The van der Waals surface area contributed by atoms with Crippen LogP contribution in [0.5, 0.6) is 5.75 Å². The van der Waals surface area contributed by atoms with E-state index in [0.29, 0.717) is 13.2 Å². The van der Waals surface area contributed by atoms with Crippen LogP contribution in [0.3, 0.4) is 0 Å². The van der Waals surface area contributed by atoms with E-state index < -0.39 is 6.10 Å². The summed E-state index contributed by atoms with van der Waals surface area (Å²) in [7, 11) is 0. The van der Waals surface area contributed by atoms with Crippen LogP contribution in [0.2, 0.25) is 0 Å². The van der Waals surface area contributed by atoms with Gasteiger partial charge >= 0.3 is 0 Å². The second kappa shape index (κ2) is 7.81. The molecule has 5 heteroatoms. The van der Waals surface area contributed by atoms with Gasteiger partial charge in [0.15, 0.2) is 0 Å². The number of aromatic nitrogens is 2. The van der Waals surface area contributed by atoms with Crippen LogP contribution < -0.4 is 4.74 Å². The number of rotatable bonds is 6. The van der Waals surface area contributed by atoms with Crippen LogP contribution in [-0.4, -0.2) is 52.5 Å². The molecule has 1 fully saturated rings. The molecule has 2 heterocycles. The fraction of sp³-hybridized carbons (Fsp3) is 0.333. The third-order valence-electron chi connectivity index (χ3n) is 4.84. The van der Waals surface area contributed by atoms with E-state index in [-0.39, 0.29) is 0 Å². The number of likely N-dealkylation sites (tertiary alicyclic amines) is 1. The third kappa shape index (κ3) is 3.84. The first-order valence-corrected chi connectivity index (χ1v) is 9.13. The molecule has 1 aliphatic heterocycles. The zero-order valence-corrected chi connectivity index (χ0v) is 14.7. The molecule has 2 aromatic carbocycles. The van der Waals surface area contributed by atoms with Gasteiger partial charge in [-0.15, -0.1) is 0 Å². The maximum Gasteiger partial charge on any atom is 0.120 e. The summed E-state index contributed by atoms with van der Waals surface area (Å²) in [6.07, 6.45) is 5.42. The number of nitrogens with zero attached hydrogens (tertiary/aromatic N) is 3.